The van der Waals surface area contributed by atoms with Crippen molar-refractivity contribution in [2.45, 2.75) is 13.0 Å². The second-order valence-electron chi connectivity index (χ2n) is 4.23. The lowest BCUT2D eigenvalue weighted by atomic mass is 10.3. The highest BCUT2D eigenvalue weighted by atomic mass is 32.1. The molecular formula is C14H9F2N3S. The lowest BCUT2D eigenvalue weighted by Crippen LogP contribution is -1.99. The Balaban J connectivity index is 2.25. The van der Waals surface area contributed by atoms with Crippen LogP contribution in [0.25, 0.3) is 21.7 Å². The van der Waals surface area contributed by atoms with E-state index < -0.39 is 11.6 Å². The van der Waals surface area contributed by atoms with Crippen molar-refractivity contribution < 1.29 is 8.78 Å². The fourth-order valence-electron chi connectivity index (χ4n) is 2.10. The van der Waals surface area contributed by atoms with Crippen molar-refractivity contribution in [3.8, 4) is 16.8 Å². The molecule has 6 heteroatoms. The summed E-state index contributed by atoms with van der Waals surface area (Å²) >= 11 is 1.49. The van der Waals surface area contributed by atoms with E-state index in [1.807, 2.05) is 17.5 Å². The van der Waals surface area contributed by atoms with Gasteiger partial charge in [-0.1, -0.05) is 6.07 Å². The van der Waals surface area contributed by atoms with Gasteiger partial charge in [-0.3, -0.25) is 0 Å². The van der Waals surface area contributed by atoms with Crippen LogP contribution < -0.4 is 0 Å². The van der Waals surface area contributed by atoms with Crippen LogP contribution in [0.5, 0.6) is 0 Å². The van der Waals surface area contributed by atoms with E-state index in [2.05, 4.69) is 11.1 Å². The first kappa shape index (κ1) is 12.8. The molecule has 20 heavy (non-hydrogen) atoms. The number of hydrogen-bond donors (Lipinski definition) is 0. The third kappa shape index (κ3) is 2.06. The fourth-order valence-corrected chi connectivity index (χ4v) is 2.82. The largest absolute Gasteiger partial charge is 0.322 e. The topological polar surface area (TPSA) is 41.6 Å². The van der Waals surface area contributed by atoms with E-state index in [1.54, 1.807) is 4.57 Å². The average molecular weight is 289 g/mol. The molecule has 0 fully saturated rings. The van der Waals surface area contributed by atoms with Crippen LogP contribution in [0, 0.1) is 23.0 Å². The van der Waals surface area contributed by atoms with Gasteiger partial charge in [0.25, 0.3) is 0 Å². The Hall–Kier alpha value is -2.26. The fraction of sp³-hybridized carbons (Fsp3) is 0.143. The Morgan fingerprint density at radius 3 is 2.80 bits per heavy atom. The van der Waals surface area contributed by atoms with Crippen molar-refractivity contribution in [3.05, 3.63) is 41.3 Å². The van der Waals surface area contributed by atoms with Crippen molar-refractivity contribution in [2.24, 2.45) is 0 Å². The predicted molar refractivity (Wildman–Crippen MR) is 73.2 cm³/mol. The number of hydrogen-bond acceptors (Lipinski definition) is 3. The number of imidazole rings is 1. The van der Waals surface area contributed by atoms with Crippen molar-refractivity contribution >= 4 is 22.4 Å². The molecule has 3 nitrogen and oxygen atoms in total. The van der Waals surface area contributed by atoms with Gasteiger partial charge in [-0.15, -0.1) is 11.3 Å². The number of thiophene rings is 1. The monoisotopic (exact) mass is 289 g/mol. The van der Waals surface area contributed by atoms with Gasteiger partial charge in [0, 0.05) is 18.7 Å². The molecule has 0 aliphatic carbocycles. The standard InChI is InChI=1S/C14H9F2N3S/c15-9-7-11-12(8-10(9)16)19(5-2-4-17)14(18-11)13-3-1-6-20-13/h1,3,6-8H,2,5H2. The van der Waals surface area contributed by atoms with Crippen LogP contribution in [0.4, 0.5) is 8.78 Å². The molecule has 0 aliphatic rings. The zero-order valence-corrected chi connectivity index (χ0v) is 11.1. The number of aromatic nitrogens is 2. The smallest absolute Gasteiger partial charge is 0.161 e. The molecule has 0 N–H and O–H groups in total. The van der Waals surface area contributed by atoms with E-state index in [-0.39, 0.29) is 6.42 Å². The number of nitriles is 1. The summed E-state index contributed by atoms with van der Waals surface area (Å²) in [4.78, 5) is 5.27. The molecular weight excluding hydrogens is 280 g/mol. The summed E-state index contributed by atoms with van der Waals surface area (Å²) in [6.07, 6.45) is 0.281. The molecule has 3 rings (SSSR count). The second kappa shape index (κ2) is 5.02. The molecule has 0 atom stereocenters. The first-order valence-electron chi connectivity index (χ1n) is 5.97. The summed E-state index contributed by atoms with van der Waals surface area (Å²) < 4.78 is 28.5. The molecule has 100 valence electrons. The van der Waals surface area contributed by atoms with Gasteiger partial charge in [-0.05, 0) is 11.4 Å². The molecule has 0 saturated carbocycles. The Kier molecular flexibility index (Phi) is 3.20. The minimum atomic E-state index is -0.917. The van der Waals surface area contributed by atoms with E-state index in [0.717, 1.165) is 17.0 Å². The zero-order chi connectivity index (χ0) is 14.1. The molecule has 2 aromatic heterocycles. The molecule has 0 radical (unpaired) electrons. The molecule has 0 saturated heterocycles. The maximum atomic E-state index is 13.4. The van der Waals surface area contributed by atoms with Gasteiger partial charge in [0.2, 0.25) is 0 Å². The van der Waals surface area contributed by atoms with Gasteiger partial charge in [-0.2, -0.15) is 5.26 Å². The van der Waals surface area contributed by atoms with E-state index in [4.69, 9.17) is 5.26 Å². The third-order valence-electron chi connectivity index (χ3n) is 2.98. The molecule has 0 spiro atoms. The summed E-state index contributed by atoms with van der Waals surface area (Å²) in [6, 6.07) is 8.05. The Morgan fingerprint density at radius 2 is 2.10 bits per heavy atom. The average Bonchev–Trinajstić information content (AvgIpc) is 3.05. The molecule has 2 heterocycles. The molecule has 0 bridgehead atoms. The summed E-state index contributed by atoms with van der Waals surface area (Å²) in [7, 11) is 0. The number of benzene rings is 1. The van der Waals surface area contributed by atoms with Crippen LogP contribution in [0.3, 0.4) is 0 Å². The van der Waals surface area contributed by atoms with E-state index in [1.165, 1.54) is 11.3 Å². The summed E-state index contributed by atoms with van der Waals surface area (Å²) in [5.41, 5.74) is 0.896. The zero-order valence-electron chi connectivity index (χ0n) is 10.3. The van der Waals surface area contributed by atoms with Crippen molar-refractivity contribution in [1.29, 1.82) is 5.26 Å². The number of halogens is 2. The van der Waals surface area contributed by atoms with Gasteiger partial charge < -0.3 is 4.57 Å². The second-order valence-corrected chi connectivity index (χ2v) is 5.18. The molecule has 3 aromatic rings. The van der Waals surface area contributed by atoms with E-state index >= 15 is 0 Å². The number of aryl methyl sites for hydroxylation is 1. The normalized spacial score (nSPS) is 10.8. The Morgan fingerprint density at radius 1 is 1.30 bits per heavy atom. The van der Waals surface area contributed by atoms with Crippen LogP contribution in [0.1, 0.15) is 6.42 Å². The number of nitrogens with zero attached hydrogens (tertiary/aromatic N) is 3. The lowest BCUT2D eigenvalue weighted by molar-refractivity contribution is 0.510. The maximum Gasteiger partial charge on any atom is 0.161 e. The van der Waals surface area contributed by atoms with Crippen molar-refractivity contribution in [1.82, 2.24) is 9.55 Å². The number of rotatable bonds is 3. The molecule has 1 aromatic carbocycles. The summed E-state index contributed by atoms with van der Waals surface area (Å²) in [5.74, 6) is -1.19. The van der Waals surface area contributed by atoms with Crippen LogP contribution in [-0.4, -0.2) is 9.55 Å². The Bertz CT molecular complexity index is 800. The molecule has 0 amide bonds. The summed E-state index contributed by atoms with van der Waals surface area (Å²) in [5, 5.41) is 10.6. The van der Waals surface area contributed by atoms with Crippen LogP contribution in [-0.2, 0) is 6.54 Å². The Labute approximate surface area is 117 Å². The summed E-state index contributed by atoms with van der Waals surface area (Å²) in [6.45, 7) is 0.394. The third-order valence-corrected chi connectivity index (χ3v) is 3.84. The minimum Gasteiger partial charge on any atom is -0.322 e. The molecule has 0 unspecified atom stereocenters. The SMILES string of the molecule is N#CCCn1c(-c2cccs2)nc2cc(F)c(F)cc21. The van der Waals surface area contributed by atoms with Gasteiger partial charge >= 0.3 is 0 Å². The predicted octanol–water partition coefficient (Wildman–Crippen LogP) is 3.96. The van der Waals surface area contributed by atoms with Gasteiger partial charge in [0.1, 0.15) is 0 Å². The molecule has 0 aliphatic heterocycles. The highest BCUT2D eigenvalue weighted by molar-refractivity contribution is 7.13. The van der Waals surface area contributed by atoms with Gasteiger partial charge in [-0.25, -0.2) is 13.8 Å². The minimum absolute atomic E-state index is 0.281. The van der Waals surface area contributed by atoms with Crippen LogP contribution in [0.15, 0.2) is 29.6 Å². The van der Waals surface area contributed by atoms with Gasteiger partial charge in [0.05, 0.1) is 28.4 Å². The van der Waals surface area contributed by atoms with Crippen molar-refractivity contribution in [2.75, 3.05) is 0 Å². The quantitative estimate of drug-likeness (QED) is 0.732. The van der Waals surface area contributed by atoms with Crippen LogP contribution >= 0.6 is 11.3 Å². The lowest BCUT2D eigenvalue weighted by Gasteiger charge is -2.05. The van der Waals surface area contributed by atoms with Crippen LogP contribution in [0.2, 0.25) is 0 Å². The van der Waals surface area contributed by atoms with Gasteiger partial charge in [0.15, 0.2) is 17.5 Å². The highest BCUT2D eigenvalue weighted by Crippen LogP contribution is 2.29. The highest BCUT2D eigenvalue weighted by Gasteiger charge is 2.16. The maximum absolute atomic E-state index is 13.4. The van der Waals surface area contributed by atoms with Crippen molar-refractivity contribution in [3.63, 3.8) is 0 Å². The van der Waals surface area contributed by atoms with E-state index in [9.17, 15) is 8.78 Å². The number of fused-ring (bicyclic) bond motifs is 1. The van der Waals surface area contributed by atoms with E-state index in [0.29, 0.717) is 23.4 Å². The first-order valence-corrected chi connectivity index (χ1v) is 6.85. The first-order chi connectivity index (χ1) is 9.70.